The topological polar surface area (TPSA) is 33.1 Å². The summed E-state index contributed by atoms with van der Waals surface area (Å²) in [5, 5.41) is 4.25. The van der Waals surface area contributed by atoms with E-state index in [4.69, 9.17) is 57.3 Å². The number of thiol groups is 3. The van der Waals surface area contributed by atoms with E-state index in [9.17, 15) is 13.2 Å². The van der Waals surface area contributed by atoms with E-state index in [0.717, 1.165) is 36.4 Å². The zero-order chi connectivity index (χ0) is 29.5. The molecule has 0 bridgehead atoms. The van der Waals surface area contributed by atoms with E-state index in [1.54, 1.807) is 10.6 Å². The van der Waals surface area contributed by atoms with E-state index in [1.807, 2.05) is 6.08 Å². The molecular formula is C29H33BClF3N4S3. The lowest BCUT2D eigenvalue weighted by Gasteiger charge is -2.52. The van der Waals surface area contributed by atoms with E-state index in [-0.39, 0.29) is 35.4 Å². The first-order valence-electron chi connectivity index (χ1n) is 13.9. The lowest BCUT2D eigenvalue weighted by Crippen LogP contribution is -2.59. The van der Waals surface area contributed by atoms with Gasteiger partial charge in [-0.2, -0.15) is 25.8 Å². The molecule has 2 aliphatic carbocycles. The van der Waals surface area contributed by atoms with Crippen LogP contribution >= 0.6 is 49.5 Å². The standard InChI is InChI=1S/C29H33BClF3N4S3/c1-16-9-20(10-16)38-15-35-24-12-18(11-22(25(24)38)28(32,33)34)14-27(30,39)29(40,41)37-7-5-26(6-8-37)17(2)36-23-4-3-19(31)13-21(23)26/h3-4,11-13,15-16,20-21,23,36,39-41H,2,5-10,14H2,1H3. The molecule has 2 aromatic rings. The van der Waals surface area contributed by atoms with Crippen molar-refractivity contribution in [1.29, 1.82) is 0 Å². The molecule has 3 fully saturated rings. The molecule has 1 spiro atoms. The summed E-state index contributed by atoms with van der Waals surface area (Å²) in [7, 11) is 6.75. The summed E-state index contributed by atoms with van der Waals surface area (Å²) in [5.41, 5.74) is 0.945. The first-order valence-corrected chi connectivity index (χ1v) is 15.6. The number of hydrogen-bond acceptors (Lipinski definition) is 6. The number of allylic oxidation sites excluding steroid dienone is 3. The molecule has 3 unspecified atom stereocenters. The van der Waals surface area contributed by atoms with Gasteiger partial charge in [0.25, 0.3) is 0 Å². The molecule has 218 valence electrons. The molecule has 6 rings (SSSR count). The number of nitrogens with zero attached hydrogens (tertiary/aromatic N) is 3. The summed E-state index contributed by atoms with van der Waals surface area (Å²) in [6, 6.07) is 3.05. The van der Waals surface area contributed by atoms with Gasteiger partial charge in [-0.25, -0.2) is 4.98 Å². The maximum absolute atomic E-state index is 14.3. The van der Waals surface area contributed by atoms with Crippen molar-refractivity contribution < 1.29 is 13.2 Å². The van der Waals surface area contributed by atoms with Crippen molar-refractivity contribution in [3.63, 3.8) is 0 Å². The van der Waals surface area contributed by atoms with Gasteiger partial charge in [-0.15, -0.1) is 25.3 Å². The Bertz CT molecular complexity index is 1440. The van der Waals surface area contributed by atoms with Crippen LogP contribution in [-0.2, 0) is 12.6 Å². The van der Waals surface area contributed by atoms with Crippen molar-refractivity contribution in [3.8, 4) is 0 Å². The number of imidazole rings is 1. The van der Waals surface area contributed by atoms with Crippen LogP contribution in [0.15, 0.2) is 54.0 Å². The predicted molar refractivity (Wildman–Crippen MR) is 170 cm³/mol. The summed E-state index contributed by atoms with van der Waals surface area (Å²) in [4.78, 5) is 6.42. The minimum Gasteiger partial charge on any atom is -0.381 e. The largest absolute Gasteiger partial charge is 0.418 e. The van der Waals surface area contributed by atoms with Crippen LogP contribution in [0.25, 0.3) is 11.0 Å². The minimum absolute atomic E-state index is 0.0131. The van der Waals surface area contributed by atoms with Gasteiger partial charge in [0, 0.05) is 45.8 Å². The molecule has 41 heavy (non-hydrogen) atoms. The third-order valence-corrected chi connectivity index (χ3v) is 12.1. The number of alkyl halides is 3. The Hall–Kier alpha value is -1.14. The predicted octanol–water partition coefficient (Wildman–Crippen LogP) is 6.75. The number of hydrogen-bond donors (Lipinski definition) is 4. The summed E-state index contributed by atoms with van der Waals surface area (Å²) in [6.45, 7) is 7.67. The molecule has 1 saturated carbocycles. The smallest absolute Gasteiger partial charge is 0.381 e. The molecule has 4 nitrogen and oxygen atoms in total. The van der Waals surface area contributed by atoms with Gasteiger partial charge in [0.15, 0.2) is 0 Å². The Labute approximate surface area is 261 Å². The maximum atomic E-state index is 14.3. The minimum atomic E-state index is -4.54. The number of fused-ring (bicyclic) bond motifs is 3. The highest BCUT2D eigenvalue weighted by atomic mass is 35.5. The first-order chi connectivity index (χ1) is 19.1. The van der Waals surface area contributed by atoms with Crippen molar-refractivity contribution in [2.75, 3.05) is 13.1 Å². The van der Waals surface area contributed by atoms with Gasteiger partial charge in [0.1, 0.15) is 4.20 Å². The lowest BCUT2D eigenvalue weighted by molar-refractivity contribution is -0.136. The molecule has 1 aromatic heterocycles. The van der Waals surface area contributed by atoms with Gasteiger partial charge in [-0.1, -0.05) is 37.3 Å². The second-order valence-corrected chi connectivity index (χ2v) is 15.2. The Kier molecular flexibility index (Phi) is 7.45. The number of piperidine rings is 1. The van der Waals surface area contributed by atoms with E-state index in [2.05, 4.69) is 40.9 Å². The monoisotopic (exact) mass is 636 g/mol. The van der Waals surface area contributed by atoms with Crippen molar-refractivity contribution in [3.05, 3.63) is 65.1 Å². The fraction of sp³-hybridized carbons (Fsp3) is 0.552. The molecule has 3 atom stereocenters. The van der Waals surface area contributed by atoms with E-state index < -0.39 is 20.6 Å². The van der Waals surface area contributed by atoms with Crippen LogP contribution in [0.2, 0.25) is 0 Å². The summed E-state index contributed by atoms with van der Waals surface area (Å²) in [5.74, 6) is 0.688. The van der Waals surface area contributed by atoms with Crippen molar-refractivity contribution in [2.45, 2.75) is 66.1 Å². The molecule has 12 heteroatoms. The van der Waals surface area contributed by atoms with Gasteiger partial charge < -0.3 is 9.88 Å². The van der Waals surface area contributed by atoms with Crippen LogP contribution in [0.5, 0.6) is 0 Å². The van der Waals surface area contributed by atoms with Crippen LogP contribution in [0.1, 0.15) is 49.8 Å². The van der Waals surface area contributed by atoms with Crippen LogP contribution in [0, 0.1) is 17.3 Å². The first kappa shape index (κ1) is 29.9. The number of halogens is 4. The maximum Gasteiger partial charge on any atom is 0.418 e. The molecule has 3 heterocycles. The van der Waals surface area contributed by atoms with Gasteiger partial charge >= 0.3 is 6.18 Å². The number of aromatic nitrogens is 2. The Morgan fingerprint density at radius 3 is 2.51 bits per heavy atom. The number of rotatable bonds is 5. The van der Waals surface area contributed by atoms with Gasteiger partial charge in [0.05, 0.1) is 36.8 Å². The zero-order valence-corrected chi connectivity index (χ0v) is 26.1. The second-order valence-electron chi connectivity index (χ2n) is 12.4. The van der Waals surface area contributed by atoms with Crippen LogP contribution in [0.4, 0.5) is 13.2 Å². The molecule has 4 aliphatic rings. The van der Waals surface area contributed by atoms with Gasteiger partial charge in [0.2, 0.25) is 0 Å². The Morgan fingerprint density at radius 2 is 1.88 bits per heavy atom. The average Bonchev–Trinajstić information content (AvgIpc) is 3.40. The second kappa shape index (κ2) is 10.2. The van der Waals surface area contributed by atoms with Crippen LogP contribution in [-0.4, -0.2) is 50.3 Å². The normalized spacial score (nSPS) is 29.7. The molecule has 1 aromatic carbocycles. The molecule has 2 radical (unpaired) electrons. The van der Waals surface area contributed by atoms with Crippen molar-refractivity contribution in [1.82, 2.24) is 19.8 Å². The molecule has 2 saturated heterocycles. The van der Waals surface area contributed by atoms with Crippen LogP contribution < -0.4 is 5.32 Å². The summed E-state index contributed by atoms with van der Waals surface area (Å²) >= 11 is 20.9. The lowest BCUT2D eigenvalue weighted by atomic mass is 9.66. The highest BCUT2D eigenvalue weighted by Gasteiger charge is 2.54. The zero-order valence-electron chi connectivity index (χ0n) is 22.7. The molecule has 0 amide bonds. The summed E-state index contributed by atoms with van der Waals surface area (Å²) < 4.78 is 42.1. The molecule has 1 N–H and O–H groups in total. The fourth-order valence-electron chi connectivity index (χ4n) is 7.30. The fourth-order valence-corrected chi connectivity index (χ4v) is 8.39. The number of nitrogens with one attached hydrogen (secondary N) is 1. The average molecular weight is 637 g/mol. The highest BCUT2D eigenvalue weighted by Crippen LogP contribution is 2.54. The van der Waals surface area contributed by atoms with Gasteiger partial charge in [-0.05, 0) is 61.8 Å². The SMILES string of the molecule is [B]C(S)(Cc1cc(C(F)(F)F)c2c(c1)ncn2C1CC(C)C1)C(S)(S)N1CCC2(CC1)C(=C)NC1C=CC(Cl)=CC12. The van der Waals surface area contributed by atoms with E-state index in [1.165, 1.54) is 12.4 Å². The quantitative estimate of drug-likeness (QED) is 0.167. The third-order valence-electron chi connectivity index (χ3n) is 9.70. The Balaban J connectivity index is 1.24. The Morgan fingerprint density at radius 1 is 1.20 bits per heavy atom. The van der Waals surface area contributed by atoms with Gasteiger partial charge in [-0.3, -0.25) is 4.90 Å². The number of likely N-dealkylation sites (tertiary alicyclic amines) is 1. The molecular weight excluding hydrogens is 604 g/mol. The molecule has 2 aliphatic heterocycles. The van der Waals surface area contributed by atoms with E-state index in [0.29, 0.717) is 30.1 Å². The summed E-state index contributed by atoms with van der Waals surface area (Å²) in [6.07, 6.45) is 6.35. The van der Waals surface area contributed by atoms with E-state index >= 15 is 0 Å². The number of benzene rings is 1. The van der Waals surface area contributed by atoms with Crippen molar-refractivity contribution in [2.24, 2.45) is 17.3 Å². The van der Waals surface area contributed by atoms with Crippen LogP contribution in [0.3, 0.4) is 0 Å². The van der Waals surface area contributed by atoms with Crippen molar-refractivity contribution >= 4 is 68.4 Å². The highest BCUT2D eigenvalue weighted by molar-refractivity contribution is 8.02. The third kappa shape index (κ3) is 4.99.